The Morgan fingerprint density at radius 1 is 1.29 bits per heavy atom. The van der Waals surface area contributed by atoms with Crippen molar-refractivity contribution in [1.29, 1.82) is 0 Å². The average molecular weight is 238 g/mol. The zero-order valence-electron chi connectivity index (χ0n) is 11.8. The van der Waals surface area contributed by atoms with Gasteiger partial charge >= 0.3 is 0 Å². The van der Waals surface area contributed by atoms with Gasteiger partial charge in [-0.1, -0.05) is 13.3 Å². The Bertz CT molecular complexity index is 213. The van der Waals surface area contributed by atoms with Crippen LogP contribution in [0.25, 0.3) is 0 Å². The molecule has 0 aromatic rings. The smallest absolute Gasteiger partial charge is 0.00682 e. The van der Waals surface area contributed by atoms with E-state index in [0.717, 1.165) is 18.0 Å². The molecule has 0 aromatic carbocycles. The van der Waals surface area contributed by atoms with Crippen molar-refractivity contribution >= 4 is 0 Å². The third kappa shape index (κ3) is 4.59. The highest BCUT2D eigenvalue weighted by molar-refractivity contribution is 4.81. The Kier molecular flexibility index (Phi) is 5.30. The van der Waals surface area contributed by atoms with Gasteiger partial charge in [-0.05, 0) is 64.5 Å². The first-order valence-electron chi connectivity index (χ1n) is 7.77. The Labute approximate surface area is 107 Å². The molecule has 2 fully saturated rings. The molecule has 17 heavy (non-hydrogen) atoms. The van der Waals surface area contributed by atoms with Crippen LogP contribution in [-0.4, -0.2) is 36.6 Å². The molecule has 1 heterocycles. The summed E-state index contributed by atoms with van der Waals surface area (Å²) in [5, 5.41) is 3.62. The number of nitrogens with zero attached hydrogens (tertiary/aromatic N) is 1. The Morgan fingerprint density at radius 3 is 2.82 bits per heavy atom. The summed E-state index contributed by atoms with van der Waals surface area (Å²) < 4.78 is 0. The third-order valence-electron chi connectivity index (χ3n) is 4.56. The Balaban J connectivity index is 1.58. The van der Waals surface area contributed by atoms with Crippen molar-refractivity contribution in [1.82, 2.24) is 10.2 Å². The Morgan fingerprint density at radius 2 is 2.12 bits per heavy atom. The molecule has 2 nitrogen and oxygen atoms in total. The van der Waals surface area contributed by atoms with Crippen LogP contribution in [0.1, 0.15) is 58.8 Å². The highest BCUT2D eigenvalue weighted by Gasteiger charge is 2.23. The fraction of sp³-hybridized carbons (Fsp3) is 1.00. The highest BCUT2D eigenvalue weighted by Crippen LogP contribution is 2.22. The van der Waals surface area contributed by atoms with E-state index in [2.05, 4.69) is 24.1 Å². The number of hydrogen-bond acceptors (Lipinski definition) is 2. The molecule has 0 bridgehead atoms. The van der Waals surface area contributed by atoms with Gasteiger partial charge in [-0.15, -0.1) is 0 Å². The van der Waals surface area contributed by atoms with Crippen molar-refractivity contribution < 1.29 is 0 Å². The molecule has 2 heteroatoms. The molecule has 2 rings (SSSR count). The summed E-state index contributed by atoms with van der Waals surface area (Å²) in [7, 11) is 0. The maximum absolute atomic E-state index is 3.62. The van der Waals surface area contributed by atoms with Crippen LogP contribution in [0.5, 0.6) is 0 Å². The molecule has 1 aliphatic heterocycles. The van der Waals surface area contributed by atoms with Gasteiger partial charge in [0.2, 0.25) is 0 Å². The lowest BCUT2D eigenvalue weighted by Crippen LogP contribution is -2.41. The van der Waals surface area contributed by atoms with E-state index >= 15 is 0 Å². The van der Waals surface area contributed by atoms with Gasteiger partial charge in [0.25, 0.3) is 0 Å². The van der Waals surface area contributed by atoms with Crippen molar-refractivity contribution in [3.63, 3.8) is 0 Å². The summed E-state index contributed by atoms with van der Waals surface area (Å²) in [4.78, 5) is 2.73. The predicted molar refractivity (Wildman–Crippen MR) is 74.3 cm³/mol. The molecule has 1 saturated carbocycles. The number of nitrogens with one attached hydrogen (secondary N) is 1. The van der Waals surface area contributed by atoms with Crippen molar-refractivity contribution in [2.24, 2.45) is 5.92 Å². The van der Waals surface area contributed by atoms with Crippen LogP contribution in [0.3, 0.4) is 0 Å². The average Bonchev–Trinajstić information content (AvgIpc) is 3.18. The van der Waals surface area contributed by atoms with Gasteiger partial charge in [-0.25, -0.2) is 0 Å². The second kappa shape index (κ2) is 6.75. The van der Waals surface area contributed by atoms with Crippen LogP contribution in [0, 0.1) is 5.92 Å². The monoisotopic (exact) mass is 238 g/mol. The number of likely N-dealkylation sites (tertiary alicyclic amines) is 1. The lowest BCUT2D eigenvalue weighted by Gasteiger charge is -2.36. The lowest BCUT2D eigenvalue weighted by atomic mass is 9.94. The topological polar surface area (TPSA) is 15.3 Å². The Hall–Kier alpha value is -0.0800. The maximum Gasteiger partial charge on any atom is 0.00682 e. The fourth-order valence-electron chi connectivity index (χ4n) is 3.00. The van der Waals surface area contributed by atoms with Gasteiger partial charge in [0, 0.05) is 18.6 Å². The van der Waals surface area contributed by atoms with Crippen molar-refractivity contribution in [2.45, 2.75) is 70.9 Å². The molecule has 2 aliphatic rings. The van der Waals surface area contributed by atoms with Gasteiger partial charge in [0.05, 0.1) is 0 Å². The molecule has 1 saturated heterocycles. The minimum absolute atomic E-state index is 0.797. The maximum atomic E-state index is 3.62. The van der Waals surface area contributed by atoms with E-state index in [1.807, 2.05) is 0 Å². The second-order valence-electron chi connectivity index (χ2n) is 6.13. The highest BCUT2D eigenvalue weighted by atomic mass is 15.2. The van der Waals surface area contributed by atoms with E-state index in [0.29, 0.717) is 0 Å². The van der Waals surface area contributed by atoms with Crippen molar-refractivity contribution in [2.75, 3.05) is 19.6 Å². The van der Waals surface area contributed by atoms with E-state index in [9.17, 15) is 0 Å². The van der Waals surface area contributed by atoms with Gasteiger partial charge in [0.1, 0.15) is 0 Å². The summed E-state index contributed by atoms with van der Waals surface area (Å²) in [6.07, 6.45) is 9.80. The van der Waals surface area contributed by atoms with E-state index in [4.69, 9.17) is 0 Å². The van der Waals surface area contributed by atoms with E-state index in [-0.39, 0.29) is 0 Å². The summed E-state index contributed by atoms with van der Waals surface area (Å²) in [6.45, 7) is 8.70. The first-order valence-corrected chi connectivity index (χ1v) is 7.77. The van der Waals surface area contributed by atoms with Gasteiger partial charge in [-0.3, -0.25) is 0 Å². The fourth-order valence-corrected chi connectivity index (χ4v) is 3.00. The van der Waals surface area contributed by atoms with Crippen LogP contribution < -0.4 is 5.32 Å². The van der Waals surface area contributed by atoms with Crippen LogP contribution >= 0.6 is 0 Å². The minimum Gasteiger partial charge on any atom is -0.314 e. The van der Waals surface area contributed by atoms with Crippen LogP contribution in [-0.2, 0) is 0 Å². The molecule has 2 atom stereocenters. The standard InChI is InChI=1S/C15H30N2/c1-3-14-7-5-11-17(12-14)13(2)6-4-10-16-15-8-9-15/h13-16H,3-12H2,1-2H3. The number of piperidine rings is 1. The van der Waals surface area contributed by atoms with Crippen LogP contribution in [0.15, 0.2) is 0 Å². The molecule has 1 aliphatic carbocycles. The molecule has 100 valence electrons. The summed E-state index contributed by atoms with van der Waals surface area (Å²) >= 11 is 0. The van der Waals surface area contributed by atoms with Crippen molar-refractivity contribution in [3.05, 3.63) is 0 Å². The minimum atomic E-state index is 0.797. The molecule has 0 aromatic heterocycles. The normalized spacial score (nSPS) is 28.2. The van der Waals surface area contributed by atoms with E-state index in [1.54, 1.807) is 0 Å². The first-order chi connectivity index (χ1) is 8.29. The molecule has 2 unspecified atom stereocenters. The zero-order chi connectivity index (χ0) is 12.1. The van der Waals surface area contributed by atoms with Gasteiger partial charge in [0.15, 0.2) is 0 Å². The summed E-state index contributed by atoms with van der Waals surface area (Å²) in [5.74, 6) is 0.968. The van der Waals surface area contributed by atoms with E-state index in [1.165, 1.54) is 64.6 Å². The second-order valence-corrected chi connectivity index (χ2v) is 6.13. The first kappa shape index (κ1) is 13.4. The molecular formula is C15H30N2. The van der Waals surface area contributed by atoms with Crippen molar-refractivity contribution in [3.8, 4) is 0 Å². The zero-order valence-corrected chi connectivity index (χ0v) is 11.8. The molecular weight excluding hydrogens is 208 g/mol. The molecule has 1 N–H and O–H groups in total. The largest absolute Gasteiger partial charge is 0.314 e. The van der Waals surface area contributed by atoms with Gasteiger partial charge in [-0.2, -0.15) is 0 Å². The molecule has 0 spiro atoms. The quantitative estimate of drug-likeness (QED) is 0.686. The predicted octanol–water partition coefficient (Wildman–Crippen LogP) is 3.03. The van der Waals surface area contributed by atoms with Crippen LogP contribution in [0.4, 0.5) is 0 Å². The van der Waals surface area contributed by atoms with Crippen LogP contribution in [0.2, 0.25) is 0 Å². The van der Waals surface area contributed by atoms with E-state index < -0.39 is 0 Å². The SMILES string of the molecule is CCC1CCCN(C(C)CCCNC2CC2)C1. The lowest BCUT2D eigenvalue weighted by molar-refractivity contribution is 0.123. The molecule has 0 radical (unpaired) electrons. The third-order valence-corrected chi connectivity index (χ3v) is 4.56. The molecule has 0 amide bonds. The van der Waals surface area contributed by atoms with Gasteiger partial charge < -0.3 is 10.2 Å². The summed E-state index contributed by atoms with van der Waals surface area (Å²) in [5.41, 5.74) is 0. The summed E-state index contributed by atoms with van der Waals surface area (Å²) in [6, 6.07) is 1.68. The number of rotatable bonds is 7. The number of hydrogen-bond donors (Lipinski definition) is 1.